The van der Waals surface area contributed by atoms with Gasteiger partial charge in [-0.2, -0.15) is 0 Å². The van der Waals surface area contributed by atoms with Crippen molar-refractivity contribution in [2.45, 2.75) is 71.9 Å². The number of hydrogen-bond donors (Lipinski definition) is 2. The van der Waals surface area contributed by atoms with Crippen molar-refractivity contribution in [3.8, 4) is 0 Å². The molecule has 0 fully saturated rings. The van der Waals surface area contributed by atoms with Crippen LogP contribution in [0.15, 0.2) is 30.3 Å². The van der Waals surface area contributed by atoms with Crippen LogP contribution in [0, 0.1) is 5.41 Å². The molecule has 0 aromatic heterocycles. The Morgan fingerprint density at radius 1 is 1.04 bits per heavy atom. The molecule has 1 rings (SSSR count). The van der Waals surface area contributed by atoms with E-state index < -0.39 is 42.9 Å². The van der Waals surface area contributed by atoms with Crippen LogP contribution in [0.2, 0.25) is 13.1 Å². The molecule has 0 aliphatic carbocycles. The number of carbonyl (C=O) groups excluding carboxylic acids is 2. The lowest BCUT2D eigenvalue weighted by Crippen LogP contribution is -2.61. The van der Waals surface area contributed by atoms with Gasteiger partial charge in [0.2, 0.25) is 14.2 Å². The second-order valence-electron chi connectivity index (χ2n) is 8.79. The molecule has 0 aliphatic rings. The lowest BCUT2D eigenvalue weighted by atomic mass is 9.70. The molecule has 1 aromatic rings. The molecule has 1 aromatic carbocycles. The molecule has 0 unspecified atom stereocenters. The molecule has 27 heavy (non-hydrogen) atoms. The van der Waals surface area contributed by atoms with Crippen LogP contribution < -0.4 is 5.32 Å². The summed E-state index contributed by atoms with van der Waals surface area (Å²) in [4.78, 5) is 25.5. The molecular weight excluding hydrogens is 378 g/mol. The maximum absolute atomic E-state index is 12.9. The number of thiol groups is 1. The van der Waals surface area contributed by atoms with E-state index in [0.29, 0.717) is 0 Å². The second-order valence-corrected chi connectivity index (χ2v) is 11.2. The Hall–Kier alpha value is -1.31. The van der Waals surface area contributed by atoms with Gasteiger partial charge in [0.25, 0.3) is 0 Å². The standard InChI is InChI=1S/C20H32NO4SSi/c1-18(2,3)20(16(22)26,25-27(7)8)15(14-12-10-9-11-13-14)21-17(23)24-19(4,5)6/h9-13,15H,1-8H3,(H,21,23)(H,22,26)/t15-,20-/m1/s1. The van der Waals surface area contributed by atoms with E-state index in [1.165, 1.54) is 0 Å². The zero-order valence-electron chi connectivity index (χ0n) is 17.5. The lowest BCUT2D eigenvalue weighted by Gasteiger charge is -2.48. The van der Waals surface area contributed by atoms with Crippen molar-refractivity contribution in [2.75, 3.05) is 0 Å². The number of nitrogens with one attached hydrogen (secondary N) is 1. The third kappa shape index (κ3) is 6.09. The third-order valence-corrected chi connectivity index (χ3v) is 5.06. The molecule has 0 saturated heterocycles. The number of ether oxygens (including phenoxy) is 1. The van der Waals surface area contributed by atoms with E-state index in [-0.39, 0.29) is 0 Å². The summed E-state index contributed by atoms with van der Waals surface area (Å²) in [5.41, 5.74) is -1.90. The maximum atomic E-state index is 12.9. The van der Waals surface area contributed by atoms with Gasteiger partial charge in [-0.3, -0.25) is 4.79 Å². The van der Waals surface area contributed by atoms with Gasteiger partial charge in [-0.1, -0.05) is 51.1 Å². The molecule has 0 heterocycles. The fourth-order valence-electron chi connectivity index (χ4n) is 2.95. The summed E-state index contributed by atoms with van der Waals surface area (Å²) in [6, 6.07) is 8.57. The Bertz CT molecular complexity index is 652. The first-order valence-corrected chi connectivity index (χ1v) is 11.8. The Kier molecular flexibility index (Phi) is 7.73. The highest BCUT2D eigenvalue weighted by molar-refractivity contribution is 7.96. The van der Waals surface area contributed by atoms with Crippen LogP contribution in [0.25, 0.3) is 0 Å². The molecule has 5 nitrogen and oxygen atoms in total. The normalized spacial score (nSPS) is 15.8. The lowest BCUT2D eigenvalue weighted by molar-refractivity contribution is -0.140. The van der Waals surface area contributed by atoms with Crippen LogP contribution in [-0.4, -0.2) is 31.5 Å². The molecule has 1 radical (unpaired) electrons. The number of amides is 1. The van der Waals surface area contributed by atoms with Crippen molar-refractivity contribution in [2.24, 2.45) is 5.41 Å². The van der Waals surface area contributed by atoms with Gasteiger partial charge in [-0.15, -0.1) is 12.6 Å². The van der Waals surface area contributed by atoms with Crippen LogP contribution >= 0.6 is 12.6 Å². The van der Waals surface area contributed by atoms with Gasteiger partial charge in [-0.05, 0) is 39.4 Å². The summed E-state index contributed by atoms with van der Waals surface area (Å²) in [5.74, 6) is 0. The van der Waals surface area contributed by atoms with Gasteiger partial charge >= 0.3 is 6.09 Å². The predicted octanol–water partition coefficient (Wildman–Crippen LogP) is 4.76. The minimum Gasteiger partial charge on any atom is -0.444 e. The zero-order chi connectivity index (χ0) is 21.0. The van der Waals surface area contributed by atoms with Crippen LogP contribution in [0.1, 0.15) is 53.1 Å². The SMILES string of the molecule is C[Si](C)O[C@@](C(=O)S)([C@H](NC(=O)OC(C)(C)C)c1ccccc1)C(C)(C)C. The highest BCUT2D eigenvalue weighted by Gasteiger charge is 2.55. The molecule has 7 heteroatoms. The van der Waals surface area contributed by atoms with Gasteiger partial charge in [0.15, 0.2) is 5.60 Å². The first kappa shape index (κ1) is 23.7. The Balaban J connectivity index is 3.56. The Morgan fingerprint density at radius 2 is 1.56 bits per heavy atom. The molecule has 0 aliphatic heterocycles. The van der Waals surface area contributed by atoms with Gasteiger partial charge < -0.3 is 14.5 Å². The van der Waals surface area contributed by atoms with E-state index in [9.17, 15) is 9.59 Å². The summed E-state index contributed by atoms with van der Waals surface area (Å²) in [6.45, 7) is 15.0. The average molecular weight is 411 g/mol. The molecule has 0 bridgehead atoms. The monoisotopic (exact) mass is 410 g/mol. The van der Waals surface area contributed by atoms with E-state index in [4.69, 9.17) is 9.16 Å². The quantitative estimate of drug-likeness (QED) is 0.524. The highest BCUT2D eigenvalue weighted by Crippen LogP contribution is 2.45. The molecular formula is C20H32NO4SSi. The summed E-state index contributed by atoms with van der Waals surface area (Å²) in [7, 11) is -1.30. The van der Waals surface area contributed by atoms with Crippen molar-refractivity contribution < 1.29 is 18.8 Å². The van der Waals surface area contributed by atoms with Crippen molar-refractivity contribution in [1.82, 2.24) is 5.32 Å². The van der Waals surface area contributed by atoms with E-state index in [0.717, 1.165) is 5.56 Å². The van der Waals surface area contributed by atoms with Crippen molar-refractivity contribution in [3.05, 3.63) is 35.9 Å². The van der Waals surface area contributed by atoms with E-state index in [1.54, 1.807) is 20.8 Å². The van der Waals surface area contributed by atoms with Gasteiger partial charge in [0.05, 0.1) is 6.04 Å². The largest absolute Gasteiger partial charge is 0.444 e. The molecule has 1 N–H and O–H groups in total. The first-order chi connectivity index (χ1) is 12.2. The van der Waals surface area contributed by atoms with Crippen molar-refractivity contribution in [1.29, 1.82) is 0 Å². The summed E-state index contributed by atoms with van der Waals surface area (Å²) < 4.78 is 11.8. The number of carbonyl (C=O) groups is 2. The van der Waals surface area contributed by atoms with Crippen molar-refractivity contribution >= 4 is 32.9 Å². The highest BCUT2D eigenvalue weighted by atomic mass is 32.1. The molecule has 151 valence electrons. The second kappa shape index (κ2) is 8.79. The van der Waals surface area contributed by atoms with Crippen LogP contribution in [-0.2, 0) is 14.0 Å². The zero-order valence-corrected chi connectivity index (χ0v) is 19.4. The molecule has 0 saturated carbocycles. The summed E-state index contributed by atoms with van der Waals surface area (Å²) >= 11 is 4.21. The topological polar surface area (TPSA) is 64.6 Å². The first-order valence-electron chi connectivity index (χ1n) is 8.98. The Morgan fingerprint density at radius 3 is 1.93 bits per heavy atom. The fourth-order valence-corrected chi connectivity index (χ4v) is 4.70. The van der Waals surface area contributed by atoms with Crippen LogP contribution in [0.5, 0.6) is 0 Å². The molecule has 2 atom stereocenters. The van der Waals surface area contributed by atoms with Gasteiger partial charge in [0, 0.05) is 5.41 Å². The van der Waals surface area contributed by atoms with Gasteiger partial charge in [-0.25, -0.2) is 4.79 Å². The Labute approximate surface area is 170 Å². The minimum atomic E-state index is -1.35. The summed E-state index contributed by atoms with van der Waals surface area (Å²) in [6.07, 6.45) is -0.607. The smallest absolute Gasteiger partial charge is 0.408 e. The third-order valence-electron chi connectivity index (χ3n) is 4.00. The molecule has 0 spiro atoms. The number of alkyl carbamates (subject to hydrolysis) is 1. The fraction of sp³-hybridized carbons (Fsp3) is 0.600. The van der Waals surface area contributed by atoms with Crippen molar-refractivity contribution in [3.63, 3.8) is 0 Å². The number of rotatable bonds is 6. The number of benzene rings is 1. The van der Waals surface area contributed by atoms with E-state index >= 15 is 0 Å². The van der Waals surface area contributed by atoms with Crippen LogP contribution in [0.4, 0.5) is 4.79 Å². The average Bonchev–Trinajstić information content (AvgIpc) is 2.48. The van der Waals surface area contributed by atoms with E-state index in [1.807, 2.05) is 64.2 Å². The van der Waals surface area contributed by atoms with E-state index in [2.05, 4.69) is 17.9 Å². The van der Waals surface area contributed by atoms with Crippen LogP contribution in [0.3, 0.4) is 0 Å². The van der Waals surface area contributed by atoms with Gasteiger partial charge in [0.1, 0.15) is 5.60 Å². The minimum absolute atomic E-state index is 0.425. The summed E-state index contributed by atoms with van der Waals surface area (Å²) in [5, 5.41) is 2.46. The number of hydrogen-bond acceptors (Lipinski definition) is 4. The predicted molar refractivity (Wildman–Crippen MR) is 113 cm³/mol. The maximum Gasteiger partial charge on any atom is 0.408 e. The molecule has 1 amide bonds.